The van der Waals surface area contributed by atoms with E-state index in [1.54, 1.807) is 0 Å². The highest BCUT2D eigenvalue weighted by Crippen LogP contribution is 2.39. The predicted molar refractivity (Wildman–Crippen MR) is 69.2 cm³/mol. The Labute approximate surface area is 106 Å². The van der Waals surface area contributed by atoms with Gasteiger partial charge in [-0.2, -0.15) is 0 Å². The second kappa shape index (κ2) is 4.30. The summed E-state index contributed by atoms with van der Waals surface area (Å²) in [6.45, 7) is 3.39. The summed E-state index contributed by atoms with van der Waals surface area (Å²) in [7, 11) is 0. The van der Waals surface area contributed by atoms with Gasteiger partial charge in [-0.25, -0.2) is 4.98 Å². The molecule has 2 aromatic heterocycles. The molecule has 2 unspecified atom stereocenters. The summed E-state index contributed by atoms with van der Waals surface area (Å²) in [6, 6.07) is 2.05. The molecule has 2 atom stereocenters. The average molecular weight is 250 g/mol. The number of imidazole rings is 1. The highest BCUT2D eigenvalue weighted by Gasteiger charge is 2.33. The number of fused-ring (bicyclic) bond motifs is 1. The summed E-state index contributed by atoms with van der Waals surface area (Å²) < 4.78 is 2.33. The molecule has 0 saturated heterocycles. The number of aromatic nitrogens is 3. The first-order chi connectivity index (χ1) is 8.29. The fraction of sp³-hybridized carbons (Fsp3) is 0.538. The van der Waals surface area contributed by atoms with Gasteiger partial charge in [0.25, 0.3) is 0 Å². The van der Waals surface area contributed by atoms with Crippen molar-refractivity contribution in [1.82, 2.24) is 14.5 Å². The number of halogens is 1. The van der Waals surface area contributed by atoms with Crippen molar-refractivity contribution < 1.29 is 0 Å². The van der Waals surface area contributed by atoms with Gasteiger partial charge in [0.05, 0.1) is 11.7 Å². The van der Waals surface area contributed by atoms with Crippen LogP contribution < -0.4 is 0 Å². The molecule has 2 heterocycles. The number of hydrogen-bond donors (Lipinski definition) is 0. The molecular weight excluding hydrogens is 234 g/mol. The van der Waals surface area contributed by atoms with Gasteiger partial charge in [0.15, 0.2) is 0 Å². The molecule has 1 saturated carbocycles. The Kier molecular flexibility index (Phi) is 2.79. The van der Waals surface area contributed by atoms with Gasteiger partial charge in [-0.05, 0) is 24.3 Å². The molecule has 17 heavy (non-hydrogen) atoms. The van der Waals surface area contributed by atoms with Crippen LogP contribution in [0.2, 0.25) is 0 Å². The van der Waals surface area contributed by atoms with E-state index in [2.05, 4.69) is 21.5 Å². The second-order valence-corrected chi connectivity index (χ2v) is 5.29. The van der Waals surface area contributed by atoms with Gasteiger partial charge in [0, 0.05) is 25.0 Å². The van der Waals surface area contributed by atoms with Crippen molar-refractivity contribution in [1.29, 1.82) is 0 Å². The van der Waals surface area contributed by atoms with E-state index in [0.717, 1.165) is 36.1 Å². The summed E-state index contributed by atoms with van der Waals surface area (Å²) in [5, 5.41) is 0. The molecule has 0 radical (unpaired) electrons. The number of nitrogens with zero attached hydrogens (tertiary/aromatic N) is 3. The number of alkyl halides is 1. The highest BCUT2D eigenvalue weighted by atomic mass is 35.5. The molecule has 3 rings (SSSR count). The summed E-state index contributed by atoms with van der Waals surface area (Å²) in [5.41, 5.74) is 2.18. The van der Waals surface area contributed by atoms with Crippen LogP contribution in [0.25, 0.3) is 11.0 Å². The largest absolute Gasteiger partial charge is 0.328 e. The molecule has 0 amide bonds. The van der Waals surface area contributed by atoms with Crippen molar-refractivity contribution in [3.05, 3.63) is 24.3 Å². The van der Waals surface area contributed by atoms with E-state index in [9.17, 15) is 0 Å². The van der Waals surface area contributed by atoms with Crippen molar-refractivity contribution in [2.24, 2.45) is 11.8 Å². The molecule has 2 aromatic rings. The van der Waals surface area contributed by atoms with Crippen LogP contribution in [0.15, 0.2) is 18.5 Å². The molecule has 3 nitrogen and oxygen atoms in total. The van der Waals surface area contributed by atoms with E-state index in [0.29, 0.717) is 5.88 Å². The molecule has 1 fully saturated rings. The Bertz CT molecular complexity index is 534. The Morgan fingerprint density at radius 3 is 3.06 bits per heavy atom. The first-order valence-corrected chi connectivity index (χ1v) is 6.68. The Morgan fingerprint density at radius 2 is 2.35 bits per heavy atom. The smallest absolute Gasteiger partial charge is 0.111 e. The lowest BCUT2D eigenvalue weighted by atomic mass is 10.3. The van der Waals surface area contributed by atoms with Crippen molar-refractivity contribution in [3.63, 3.8) is 0 Å². The molecule has 4 heteroatoms. The van der Waals surface area contributed by atoms with Gasteiger partial charge >= 0.3 is 0 Å². The van der Waals surface area contributed by atoms with E-state index in [1.807, 2.05) is 18.5 Å². The monoisotopic (exact) mass is 249 g/mol. The van der Waals surface area contributed by atoms with E-state index in [4.69, 9.17) is 11.6 Å². The van der Waals surface area contributed by atoms with Gasteiger partial charge in [0.2, 0.25) is 0 Å². The van der Waals surface area contributed by atoms with E-state index in [1.165, 1.54) is 11.9 Å². The zero-order valence-electron chi connectivity index (χ0n) is 9.93. The van der Waals surface area contributed by atoms with Crippen molar-refractivity contribution in [3.8, 4) is 0 Å². The van der Waals surface area contributed by atoms with Gasteiger partial charge in [-0.3, -0.25) is 4.98 Å². The normalized spacial score (nSPS) is 23.2. The van der Waals surface area contributed by atoms with Crippen LogP contribution in [-0.4, -0.2) is 20.4 Å². The summed E-state index contributed by atoms with van der Waals surface area (Å²) in [6.07, 6.45) is 5.84. The van der Waals surface area contributed by atoms with Crippen LogP contribution in [0.1, 0.15) is 19.2 Å². The first kappa shape index (κ1) is 11.0. The molecule has 0 aromatic carbocycles. The topological polar surface area (TPSA) is 30.7 Å². The lowest BCUT2D eigenvalue weighted by Gasteiger charge is -2.07. The Hall–Kier alpha value is -1.09. The fourth-order valence-electron chi connectivity index (χ4n) is 2.40. The lowest BCUT2D eigenvalue weighted by Crippen LogP contribution is -2.06. The molecule has 0 aliphatic heterocycles. The fourth-order valence-corrected chi connectivity index (χ4v) is 2.57. The van der Waals surface area contributed by atoms with Gasteiger partial charge < -0.3 is 4.57 Å². The van der Waals surface area contributed by atoms with Gasteiger partial charge in [-0.1, -0.05) is 6.92 Å². The van der Waals surface area contributed by atoms with Crippen LogP contribution in [0.4, 0.5) is 0 Å². The third kappa shape index (κ3) is 2.04. The summed E-state index contributed by atoms with van der Waals surface area (Å²) in [5.74, 6) is 3.40. The molecule has 0 bridgehead atoms. The van der Waals surface area contributed by atoms with Crippen molar-refractivity contribution >= 4 is 22.6 Å². The average Bonchev–Trinajstić information content (AvgIpc) is 2.91. The summed E-state index contributed by atoms with van der Waals surface area (Å²) in [4.78, 5) is 8.75. The lowest BCUT2D eigenvalue weighted by molar-refractivity contribution is 0.585. The molecule has 0 N–H and O–H groups in total. The molecule has 0 spiro atoms. The van der Waals surface area contributed by atoms with Gasteiger partial charge in [-0.15, -0.1) is 11.6 Å². The standard InChI is InChI=1S/C13H16ClN3/c1-9-6-10(9)8-17-12-3-5-15-7-11(12)16-13(17)2-4-14/h3,5,7,9-10H,2,4,6,8H2,1H3. The molecule has 90 valence electrons. The minimum Gasteiger partial charge on any atom is -0.328 e. The van der Waals surface area contributed by atoms with Gasteiger partial charge in [0.1, 0.15) is 11.3 Å². The molecular formula is C13H16ClN3. The zero-order chi connectivity index (χ0) is 11.8. The van der Waals surface area contributed by atoms with Crippen LogP contribution in [0.5, 0.6) is 0 Å². The number of rotatable bonds is 4. The van der Waals surface area contributed by atoms with Crippen molar-refractivity contribution in [2.45, 2.75) is 26.3 Å². The second-order valence-electron chi connectivity index (χ2n) is 4.92. The maximum absolute atomic E-state index is 5.85. The minimum absolute atomic E-state index is 0.622. The highest BCUT2D eigenvalue weighted by molar-refractivity contribution is 6.17. The zero-order valence-corrected chi connectivity index (χ0v) is 10.7. The van der Waals surface area contributed by atoms with Crippen LogP contribution in [-0.2, 0) is 13.0 Å². The van der Waals surface area contributed by atoms with Crippen LogP contribution in [0.3, 0.4) is 0 Å². The number of aryl methyl sites for hydroxylation is 1. The van der Waals surface area contributed by atoms with Crippen LogP contribution in [0, 0.1) is 11.8 Å². The Balaban J connectivity index is 2.01. The first-order valence-electron chi connectivity index (χ1n) is 6.14. The SMILES string of the molecule is CC1CC1Cn1c(CCCl)nc2cnccc21. The number of hydrogen-bond acceptors (Lipinski definition) is 2. The third-order valence-corrected chi connectivity index (χ3v) is 3.83. The third-order valence-electron chi connectivity index (χ3n) is 3.64. The minimum atomic E-state index is 0.622. The Morgan fingerprint density at radius 1 is 1.53 bits per heavy atom. The maximum Gasteiger partial charge on any atom is 0.111 e. The van der Waals surface area contributed by atoms with E-state index in [-0.39, 0.29) is 0 Å². The van der Waals surface area contributed by atoms with Crippen LogP contribution >= 0.6 is 11.6 Å². The maximum atomic E-state index is 5.85. The number of pyridine rings is 1. The van der Waals surface area contributed by atoms with E-state index < -0.39 is 0 Å². The quantitative estimate of drug-likeness (QED) is 0.780. The van der Waals surface area contributed by atoms with Crippen molar-refractivity contribution in [2.75, 3.05) is 5.88 Å². The molecule has 1 aliphatic rings. The predicted octanol–water partition coefficient (Wildman–Crippen LogP) is 2.87. The summed E-state index contributed by atoms with van der Waals surface area (Å²) >= 11 is 5.85. The molecule has 1 aliphatic carbocycles. The van der Waals surface area contributed by atoms with E-state index >= 15 is 0 Å².